The highest BCUT2D eigenvalue weighted by molar-refractivity contribution is 9.10. The van der Waals surface area contributed by atoms with Gasteiger partial charge < -0.3 is 57.0 Å². The second kappa shape index (κ2) is 42.0. The topological polar surface area (TPSA) is 384 Å². The molecule has 1 aliphatic heterocycles. The van der Waals surface area contributed by atoms with E-state index in [1.807, 2.05) is 140 Å². The summed E-state index contributed by atoms with van der Waals surface area (Å²) >= 11 is 25.2. The summed E-state index contributed by atoms with van der Waals surface area (Å²) in [4.78, 5) is 38.2. The molecular weight excluding hydrogens is 1700 g/mol. The van der Waals surface area contributed by atoms with Crippen LogP contribution in [-0.4, -0.2) is 136 Å². The van der Waals surface area contributed by atoms with Gasteiger partial charge in [0.15, 0.2) is 19.7 Å². The molecule has 0 radical (unpaired) electrons. The van der Waals surface area contributed by atoms with E-state index < -0.39 is 38.9 Å². The van der Waals surface area contributed by atoms with Crippen LogP contribution in [-0.2, 0) is 40.5 Å². The molecule has 34 heteroatoms. The standard InChI is InChI=1S/C28H30ClN5O3S.C22H17ClFN3O3S.C13H20BNO3.C9H6BrFN2.C6H5ClS.C6H14N2.2H2O/c1-17-13-18(14-19-15-31-28(34-26(17)19)33-21-9-7-20(30)8-10-21)23-12-11-22(32-27(23)37-2)16-38(35,36)25-6-4-3-5-24(25)29;1-13-9-14(10-15-11-25-22(24)27-20(13)15)17-8-7-16(26-21(17)30-2)12-31(28,29)19-6-4-3-5-18(19)23;1-9-7-8-10(11(15-9)16-6)14-17-12(2,3)13(4,5)18-14;1-5-2-7(10)3-6-4-12-9(11)13-8(5)6;7-5-3-1-2-4-6(5)8;7-5-1-2-6(8)4-3-5;;/h3-6,11-15,20-21H,7-10,16,30H2,1-2H3,(H,31,33,34);3-11H,12H2,1-2H3;7-8H,1-6H3;2-4H,1H3;1-4,8H;5-6H,1-4,7-8H2;2*1H2. The third-order valence-electron chi connectivity index (χ3n) is 19.9. The third kappa shape index (κ3) is 24.7. The van der Waals surface area contributed by atoms with Crippen LogP contribution >= 0.6 is 63.4 Å². The van der Waals surface area contributed by atoms with Crippen LogP contribution in [0.3, 0.4) is 0 Å². The molecule has 6 aromatic carbocycles. The number of aryl methyl sites for hydroxylation is 4. The third-order valence-corrected chi connectivity index (χ3v) is 25.5. The number of nitrogens with one attached hydrogen (secondary N) is 1. The Labute approximate surface area is 715 Å². The second-order valence-electron chi connectivity index (χ2n) is 29.2. The number of hydrogen-bond acceptors (Lipinski definition) is 23. The number of methoxy groups -OCH3 is 3. The summed E-state index contributed by atoms with van der Waals surface area (Å²) in [5.74, 6) is 1.18. The molecule has 0 amide bonds. The van der Waals surface area contributed by atoms with E-state index in [1.165, 1.54) is 44.8 Å². The lowest BCUT2D eigenvalue weighted by Crippen LogP contribution is -2.41. The number of aromatic nitrogens is 9. The van der Waals surface area contributed by atoms with E-state index in [2.05, 4.69) is 73.7 Å². The van der Waals surface area contributed by atoms with Gasteiger partial charge >= 0.3 is 19.3 Å². The fourth-order valence-electron chi connectivity index (χ4n) is 13.0. The number of nitrogens with zero attached hydrogens (tertiary/aromatic N) is 9. The maximum Gasteiger partial charge on any atom is 0.500 e. The summed E-state index contributed by atoms with van der Waals surface area (Å²) < 4.78 is 107. The fraction of sp³-hybridized carbons (Fsp3) is 0.321. The predicted octanol–water partition coefficient (Wildman–Crippen LogP) is 15.8. The molecule has 0 spiro atoms. The number of nitrogens with two attached hydrogens (primary N) is 3. The highest BCUT2D eigenvalue weighted by Crippen LogP contribution is 2.39. The van der Waals surface area contributed by atoms with Gasteiger partial charge in [-0.3, -0.25) is 0 Å². The molecule has 0 unspecified atom stereocenters. The minimum Gasteiger partial charge on any atom is -0.481 e. The lowest BCUT2D eigenvalue weighted by Gasteiger charge is -2.32. The highest BCUT2D eigenvalue weighted by atomic mass is 79.9. The van der Waals surface area contributed by atoms with Crippen molar-refractivity contribution < 1.29 is 60.1 Å². The Morgan fingerprint density at radius 2 is 0.907 bits per heavy atom. The Bertz CT molecular complexity index is 5690. The molecular formula is C84H96BBrCl3F2N13O11S3. The smallest absolute Gasteiger partial charge is 0.481 e. The molecule has 1 saturated heterocycles. The van der Waals surface area contributed by atoms with Gasteiger partial charge in [0, 0.05) is 90.6 Å². The lowest BCUT2D eigenvalue weighted by molar-refractivity contribution is 0.00578. The normalized spacial score (nSPS) is 16.5. The van der Waals surface area contributed by atoms with E-state index in [9.17, 15) is 25.6 Å². The first-order valence-corrected chi connectivity index (χ1v) is 42.9. The summed E-state index contributed by atoms with van der Waals surface area (Å²) in [5.41, 5.74) is 26.8. The monoisotopic (exact) mass is 1790 g/mol. The first-order valence-electron chi connectivity index (χ1n) is 37.2. The first kappa shape index (κ1) is 94.7. The minimum absolute atomic E-state index is 0. The van der Waals surface area contributed by atoms with Gasteiger partial charge in [-0.15, -0.1) is 12.6 Å². The summed E-state index contributed by atoms with van der Waals surface area (Å²) in [6, 6.07) is 43.8. The number of benzene rings is 6. The molecule has 6 aromatic heterocycles. The Morgan fingerprint density at radius 3 is 1.33 bits per heavy atom. The Morgan fingerprint density at radius 1 is 0.508 bits per heavy atom. The Kier molecular flexibility index (Phi) is 33.7. The number of anilines is 1. The predicted molar refractivity (Wildman–Crippen MR) is 470 cm³/mol. The molecule has 7 heterocycles. The molecule has 118 heavy (non-hydrogen) atoms. The van der Waals surface area contributed by atoms with Crippen molar-refractivity contribution in [3.63, 3.8) is 0 Å². The molecule has 2 saturated carbocycles. The lowest BCUT2D eigenvalue weighted by atomic mass is 9.79. The van der Waals surface area contributed by atoms with E-state index in [0.29, 0.717) is 80.3 Å². The maximum absolute atomic E-state index is 13.4. The van der Waals surface area contributed by atoms with Crippen molar-refractivity contribution in [2.75, 3.05) is 26.6 Å². The van der Waals surface area contributed by atoms with Crippen molar-refractivity contribution in [1.82, 2.24) is 44.9 Å². The minimum atomic E-state index is -3.69. The van der Waals surface area contributed by atoms with Crippen LogP contribution in [0.25, 0.3) is 55.0 Å². The van der Waals surface area contributed by atoms with Gasteiger partial charge in [-0.05, 0) is 238 Å². The summed E-state index contributed by atoms with van der Waals surface area (Å²) in [5, 5.41) is 6.92. The molecule has 0 bridgehead atoms. The number of ether oxygens (including phenoxy) is 3. The van der Waals surface area contributed by atoms with Crippen molar-refractivity contribution in [2.24, 2.45) is 17.2 Å². The van der Waals surface area contributed by atoms with Gasteiger partial charge in [-0.2, -0.15) is 8.78 Å². The van der Waals surface area contributed by atoms with Crippen LogP contribution in [0.2, 0.25) is 15.1 Å². The van der Waals surface area contributed by atoms with Crippen molar-refractivity contribution in [2.45, 2.75) is 168 Å². The van der Waals surface area contributed by atoms with Crippen LogP contribution in [0.5, 0.6) is 17.6 Å². The van der Waals surface area contributed by atoms with E-state index in [-0.39, 0.29) is 59.4 Å². The van der Waals surface area contributed by atoms with Crippen molar-refractivity contribution >= 4 is 134 Å². The van der Waals surface area contributed by atoms with Gasteiger partial charge in [-0.25, -0.2) is 61.7 Å². The largest absolute Gasteiger partial charge is 0.500 e. The molecule has 0 atom stereocenters. The number of sulfone groups is 2. The van der Waals surface area contributed by atoms with E-state index >= 15 is 0 Å². The average Bonchev–Trinajstić information content (AvgIpc) is 1.57. The van der Waals surface area contributed by atoms with Gasteiger partial charge in [0.05, 0.1) is 96.8 Å². The quantitative estimate of drug-likeness (QED) is 0.0383. The highest BCUT2D eigenvalue weighted by Gasteiger charge is 2.53. The molecule has 24 nitrogen and oxygen atoms in total. The number of thiol groups is 1. The zero-order valence-corrected chi connectivity index (χ0v) is 73.4. The van der Waals surface area contributed by atoms with Gasteiger partial charge in [0.2, 0.25) is 23.6 Å². The van der Waals surface area contributed by atoms with E-state index in [4.69, 9.17) is 80.5 Å². The van der Waals surface area contributed by atoms with E-state index in [1.54, 1.807) is 55.6 Å². The Balaban J connectivity index is 0.000000192. The first-order chi connectivity index (χ1) is 55.0. The van der Waals surface area contributed by atoms with Crippen molar-refractivity contribution in [1.29, 1.82) is 0 Å². The van der Waals surface area contributed by atoms with Crippen LogP contribution in [0.15, 0.2) is 183 Å². The number of hydrogen-bond donors (Lipinski definition) is 5. The van der Waals surface area contributed by atoms with Gasteiger partial charge in [0.1, 0.15) is 0 Å². The summed E-state index contributed by atoms with van der Waals surface area (Å²) in [6.07, 6.45) is 11.8. The molecule has 3 aliphatic rings. The number of rotatable bonds is 14. The van der Waals surface area contributed by atoms with Crippen LogP contribution in [0.4, 0.5) is 14.7 Å². The molecule has 15 rings (SSSR count). The average molecular weight is 1800 g/mol. The van der Waals surface area contributed by atoms with Crippen molar-refractivity contribution in [3.05, 3.63) is 230 Å². The number of pyridine rings is 3. The summed E-state index contributed by atoms with van der Waals surface area (Å²) in [6.45, 7) is 15.8. The van der Waals surface area contributed by atoms with Crippen LogP contribution in [0, 0.1) is 39.9 Å². The van der Waals surface area contributed by atoms with Gasteiger partial charge in [-0.1, -0.05) is 93.2 Å². The SMILES string of the molecule is COc1nc(C)ccc1B1OC(C)(C)C(C)(C)O1.COc1nc(CS(=O)(=O)c2ccccc2Cl)ccc1-c1cc(C)c2nc(F)ncc2c1.COc1nc(CS(=O)(=O)c2ccccc2Cl)ccc1-c1cc(C)c2nc(NC3CCC(N)CC3)ncc2c1.Cc1cc(Br)cc2cnc(F)nc12.NC1CCC(N)CC1.O.O.Sc1ccccc1Cl. The van der Waals surface area contributed by atoms with Crippen molar-refractivity contribution in [3.8, 4) is 39.9 Å². The summed E-state index contributed by atoms with van der Waals surface area (Å²) in [7, 11) is -3.21. The van der Waals surface area contributed by atoms with Crippen LogP contribution < -0.4 is 42.2 Å². The number of fused-ring (bicyclic) bond motifs is 3. The van der Waals surface area contributed by atoms with Gasteiger partial charge in [0.25, 0.3) is 0 Å². The molecule has 2 aliphatic carbocycles. The number of halogens is 6. The zero-order chi connectivity index (χ0) is 84.0. The molecule has 3 fully saturated rings. The van der Waals surface area contributed by atoms with Crippen LogP contribution in [0.1, 0.15) is 113 Å². The molecule has 12 aromatic rings. The fourth-order valence-corrected chi connectivity index (χ4v) is 17.5. The second-order valence-corrected chi connectivity index (χ2v) is 35.7. The zero-order valence-electron chi connectivity index (χ0n) is 67.0. The molecule has 11 N–H and O–H groups in total. The molecule has 626 valence electrons. The van der Waals surface area contributed by atoms with E-state index in [0.717, 1.165) is 122 Å². The Hall–Kier alpha value is -8.77. The maximum atomic E-state index is 13.4.